The molecule has 1 unspecified atom stereocenters. The summed E-state index contributed by atoms with van der Waals surface area (Å²) < 4.78 is 3.42. The summed E-state index contributed by atoms with van der Waals surface area (Å²) in [6, 6.07) is 2.70. The summed E-state index contributed by atoms with van der Waals surface area (Å²) in [7, 11) is 0. The molecule has 2 aromatic heterocycles. The van der Waals surface area contributed by atoms with Gasteiger partial charge in [0.05, 0.1) is 3.79 Å². The van der Waals surface area contributed by atoms with Crippen LogP contribution >= 0.6 is 27.3 Å². The van der Waals surface area contributed by atoms with Crippen LogP contribution in [-0.2, 0) is 19.5 Å². The van der Waals surface area contributed by atoms with E-state index in [4.69, 9.17) is 0 Å². The van der Waals surface area contributed by atoms with E-state index in [1.807, 2.05) is 6.92 Å². The molecule has 0 saturated heterocycles. The Balaban J connectivity index is 1.61. The number of halogens is 1. The van der Waals surface area contributed by atoms with Crippen molar-refractivity contribution in [2.24, 2.45) is 0 Å². The molecule has 0 aromatic carbocycles. The van der Waals surface area contributed by atoms with Gasteiger partial charge >= 0.3 is 0 Å². The topological polar surface area (TPSA) is 42.7 Å². The molecule has 0 radical (unpaired) electrons. The van der Waals surface area contributed by atoms with E-state index in [0.29, 0.717) is 6.04 Å². The minimum atomic E-state index is 0.519. The first-order valence-electron chi connectivity index (χ1n) is 6.07. The predicted octanol–water partition coefficient (Wildman–Crippen LogP) is 2.52. The molecule has 3 rings (SSSR count). The third-order valence-electron chi connectivity index (χ3n) is 3.35. The summed E-state index contributed by atoms with van der Waals surface area (Å²) in [6.45, 7) is 3.94. The fourth-order valence-corrected chi connectivity index (χ4v) is 3.54. The van der Waals surface area contributed by atoms with Crippen LogP contribution in [0.1, 0.15) is 23.6 Å². The molecule has 1 atom stereocenters. The lowest BCUT2D eigenvalue weighted by atomic mass is 10.1. The van der Waals surface area contributed by atoms with Gasteiger partial charge in [0.15, 0.2) is 0 Å². The van der Waals surface area contributed by atoms with E-state index in [0.717, 1.165) is 37.6 Å². The summed E-state index contributed by atoms with van der Waals surface area (Å²) in [5, 5.41) is 14.1. The van der Waals surface area contributed by atoms with E-state index in [1.165, 1.54) is 9.35 Å². The molecule has 6 heteroatoms. The lowest BCUT2D eigenvalue weighted by Gasteiger charge is -2.24. The predicted molar refractivity (Wildman–Crippen MR) is 75.7 cm³/mol. The van der Waals surface area contributed by atoms with Crippen LogP contribution in [0.4, 0.5) is 0 Å². The van der Waals surface area contributed by atoms with Crippen molar-refractivity contribution in [2.75, 3.05) is 0 Å². The van der Waals surface area contributed by atoms with Gasteiger partial charge in [0.2, 0.25) is 0 Å². The van der Waals surface area contributed by atoms with Gasteiger partial charge in [-0.15, -0.1) is 21.5 Å². The Morgan fingerprint density at radius 3 is 3.22 bits per heavy atom. The fourth-order valence-electron chi connectivity index (χ4n) is 2.33. The average molecular weight is 327 g/mol. The number of thiophene rings is 1. The molecule has 1 N–H and O–H groups in total. The Labute approximate surface area is 119 Å². The maximum atomic E-state index is 4.19. The van der Waals surface area contributed by atoms with Crippen LogP contribution in [0.15, 0.2) is 15.2 Å². The minimum absolute atomic E-state index is 0.519. The Hall–Kier alpha value is -0.720. The lowest BCUT2D eigenvalue weighted by Crippen LogP contribution is -2.37. The van der Waals surface area contributed by atoms with Gasteiger partial charge in [-0.1, -0.05) is 0 Å². The first kappa shape index (κ1) is 12.3. The molecular formula is C12H15BrN4S. The fraction of sp³-hybridized carbons (Fsp3) is 0.500. The van der Waals surface area contributed by atoms with Gasteiger partial charge < -0.3 is 9.88 Å². The van der Waals surface area contributed by atoms with Crippen LogP contribution in [0.2, 0.25) is 0 Å². The first-order valence-corrected chi connectivity index (χ1v) is 7.74. The summed E-state index contributed by atoms with van der Waals surface area (Å²) in [5.74, 6) is 2.15. The number of aryl methyl sites for hydroxylation is 2. The SMILES string of the molecule is Cc1nnc2n1CC(NCc1csc(Br)c1)CC2. The van der Waals surface area contributed by atoms with Crippen molar-refractivity contribution in [2.45, 2.75) is 38.9 Å². The number of rotatable bonds is 3. The summed E-state index contributed by atoms with van der Waals surface area (Å²) >= 11 is 5.23. The van der Waals surface area contributed by atoms with E-state index >= 15 is 0 Å². The van der Waals surface area contributed by atoms with Crippen molar-refractivity contribution in [3.05, 3.63) is 32.4 Å². The van der Waals surface area contributed by atoms with Crippen molar-refractivity contribution >= 4 is 27.3 Å². The van der Waals surface area contributed by atoms with E-state index < -0.39 is 0 Å². The number of nitrogens with one attached hydrogen (secondary N) is 1. The van der Waals surface area contributed by atoms with E-state index in [-0.39, 0.29) is 0 Å². The van der Waals surface area contributed by atoms with Crippen molar-refractivity contribution in [1.29, 1.82) is 0 Å². The highest BCUT2D eigenvalue weighted by atomic mass is 79.9. The van der Waals surface area contributed by atoms with Gasteiger partial charge in [0.1, 0.15) is 11.6 Å². The number of hydrogen-bond acceptors (Lipinski definition) is 4. The van der Waals surface area contributed by atoms with Gasteiger partial charge in [-0.2, -0.15) is 0 Å². The average Bonchev–Trinajstić information content (AvgIpc) is 2.94. The largest absolute Gasteiger partial charge is 0.314 e. The van der Waals surface area contributed by atoms with Gasteiger partial charge in [-0.05, 0) is 46.3 Å². The van der Waals surface area contributed by atoms with E-state index in [2.05, 4.69) is 47.5 Å². The van der Waals surface area contributed by atoms with Crippen LogP contribution < -0.4 is 5.32 Å². The zero-order valence-corrected chi connectivity index (χ0v) is 12.6. The monoisotopic (exact) mass is 326 g/mol. The molecule has 96 valence electrons. The summed E-state index contributed by atoms with van der Waals surface area (Å²) in [5.41, 5.74) is 1.35. The van der Waals surface area contributed by atoms with Crippen LogP contribution in [0.3, 0.4) is 0 Å². The van der Waals surface area contributed by atoms with Crippen LogP contribution in [0.5, 0.6) is 0 Å². The Morgan fingerprint density at radius 2 is 2.44 bits per heavy atom. The molecule has 0 amide bonds. The standard InChI is InChI=1S/C12H15BrN4S/c1-8-15-16-12-3-2-10(6-17(8)12)14-5-9-4-11(13)18-7-9/h4,7,10,14H,2-3,5-6H2,1H3. The molecule has 18 heavy (non-hydrogen) atoms. The van der Waals surface area contributed by atoms with Crippen molar-refractivity contribution in [1.82, 2.24) is 20.1 Å². The highest BCUT2D eigenvalue weighted by Crippen LogP contribution is 2.21. The smallest absolute Gasteiger partial charge is 0.133 e. The number of nitrogens with zero attached hydrogens (tertiary/aromatic N) is 3. The van der Waals surface area contributed by atoms with Crippen molar-refractivity contribution < 1.29 is 0 Å². The minimum Gasteiger partial charge on any atom is -0.314 e. The number of hydrogen-bond donors (Lipinski definition) is 1. The maximum absolute atomic E-state index is 4.19. The molecule has 4 nitrogen and oxygen atoms in total. The molecule has 1 aliphatic heterocycles. The van der Waals surface area contributed by atoms with Crippen molar-refractivity contribution in [3.8, 4) is 0 Å². The summed E-state index contributed by atoms with van der Waals surface area (Å²) in [4.78, 5) is 0. The van der Waals surface area contributed by atoms with Crippen molar-refractivity contribution in [3.63, 3.8) is 0 Å². The Kier molecular flexibility index (Phi) is 3.50. The molecule has 0 spiro atoms. The molecular weight excluding hydrogens is 312 g/mol. The zero-order chi connectivity index (χ0) is 12.5. The molecule has 0 saturated carbocycles. The lowest BCUT2D eigenvalue weighted by molar-refractivity contribution is 0.375. The van der Waals surface area contributed by atoms with Crippen LogP contribution in [0, 0.1) is 6.92 Å². The molecule has 1 aliphatic rings. The molecule has 0 bridgehead atoms. The van der Waals surface area contributed by atoms with E-state index in [9.17, 15) is 0 Å². The molecule has 2 aromatic rings. The van der Waals surface area contributed by atoms with Gasteiger partial charge in [-0.25, -0.2) is 0 Å². The molecule has 0 fully saturated rings. The van der Waals surface area contributed by atoms with Gasteiger partial charge in [-0.3, -0.25) is 0 Å². The zero-order valence-electron chi connectivity index (χ0n) is 10.2. The highest BCUT2D eigenvalue weighted by Gasteiger charge is 2.20. The molecule has 0 aliphatic carbocycles. The third-order valence-corrected chi connectivity index (χ3v) is 4.90. The third kappa shape index (κ3) is 2.50. The highest BCUT2D eigenvalue weighted by molar-refractivity contribution is 9.11. The van der Waals surface area contributed by atoms with Crippen LogP contribution in [0.25, 0.3) is 0 Å². The van der Waals surface area contributed by atoms with E-state index in [1.54, 1.807) is 11.3 Å². The summed E-state index contributed by atoms with van der Waals surface area (Å²) in [6.07, 6.45) is 2.16. The second kappa shape index (κ2) is 5.11. The maximum Gasteiger partial charge on any atom is 0.133 e. The van der Waals surface area contributed by atoms with Crippen LogP contribution in [-0.4, -0.2) is 20.8 Å². The Bertz CT molecular complexity index is 548. The normalized spacial score (nSPS) is 18.9. The quantitative estimate of drug-likeness (QED) is 0.942. The second-order valence-electron chi connectivity index (χ2n) is 4.65. The first-order chi connectivity index (χ1) is 8.72. The van der Waals surface area contributed by atoms with Gasteiger partial charge in [0, 0.05) is 25.6 Å². The number of fused-ring (bicyclic) bond motifs is 1. The molecule has 3 heterocycles. The Morgan fingerprint density at radius 1 is 1.56 bits per heavy atom. The number of aromatic nitrogens is 3. The van der Waals surface area contributed by atoms with Gasteiger partial charge in [0.25, 0.3) is 0 Å². The second-order valence-corrected chi connectivity index (χ2v) is 6.94.